The van der Waals surface area contributed by atoms with Gasteiger partial charge in [0.1, 0.15) is 0 Å². The van der Waals surface area contributed by atoms with E-state index in [1.807, 2.05) is 31.2 Å². The Morgan fingerprint density at radius 3 is 1.35 bits per heavy atom. The topological polar surface area (TPSA) is 114 Å². The zero-order chi connectivity index (χ0) is 35.6. The van der Waals surface area contributed by atoms with E-state index in [1.54, 1.807) is 121 Å². The molecule has 1 aliphatic rings. The number of ether oxygens (including phenoxy) is 5. The first-order valence-corrected chi connectivity index (χ1v) is 18.8. The first-order valence-electron chi connectivity index (χ1n) is 16.2. The number of rotatable bonds is 11. The van der Waals surface area contributed by atoms with E-state index in [4.69, 9.17) is 23.7 Å². The van der Waals surface area contributed by atoms with E-state index in [9.17, 15) is 19.2 Å². The maximum atomic E-state index is 13.8. The summed E-state index contributed by atoms with van der Waals surface area (Å²) < 4.78 is 31.0. The third-order valence-corrected chi connectivity index (χ3v) is 11.3. The fourth-order valence-electron chi connectivity index (χ4n) is 5.37. The third-order valence-electron chi connectivity index (χ3n) is 8.01. The second-order valence-corrected chi connectivity index (χ2v) is 15.0. The van der Waals surface area contributed by atoms with Crippen LogP contribution in [-0.2, 0) is 23.7 Å². The molecule has 1 fully saturated rings. The molecule has 5 aromatic rings. The average Bonchev–Trinajstić information content (AvgIpc) is 3.18. The molecule has 10 heteroatoms. The first kappa shape index (κ1) is 35.6. The Kier molecular flexibility index (Phi) is 11.9. The van der Waals surface area contributed by atoms with Crippen LogP contribution in [0.25, 0.3) is 0 Å². The van der Waals surface area contributed by atoms with Crippen LogP contribution in [-0.4, -0.2) is 80.0 Å². The molecule has 5 atom stereocenters. The number of hydrogen-bond donors (Lipinski definition) is 0. The summed E-state index contributed by atoms with van der Waals surface area (Å²) in [5, 5.41) is 0. The van der Waals surface area contributed by atoms with E-state index in [-0.39, 0.29) is 23.3 Å². The van der Waals surface area contributed by atoms with Crippen molar-refractivity contribution in [2.24, 2.45) is 0 Å². The Hall–Kier alpha value is -5.27. The van der Waals surface area contributed by atoms with E-state index in [0.29, 0.717) is 5.56 Å². The number of esters is 4. The van der Waals surface area contributed by atoms with Crippen LogP contribution >= 0.6 is 0 Å². The molecule has 0 amide bonds. The van der Waals surface area contributed by atoms with Gasteiger partial charge in [0.15, 0.2) is 0 Å². The van der Waals surface area contributed by atoms with Gasteiger partial charge in [0.25, 0.3) is 0 Å². The van der Waals surface area contributed by atoms with Gasteiger partial charge in [-0.2, -0.15) is 0 Å². The summed E-state index contributed by atoms with van der Waals surface area (Å²) in [6.45, 7) is 1.63. The van der Waals surface area contributed by atoms with Gasteiger partial charge in [0.2, 0.25) is 0 Å². The van der Waals surface area contributed by atoms with Gasteiger partial charge in [-0.25, -0.2) is 0 Å². The molecule has 0 aromatic heterocycles. The molecule has 258 valence electrons. The summed E-state index contributed by atoms with van der Waals surface area (Å²) in [7, 11) is 0. The second-order valence-electron chi connectivity index (χ2n) is 11.6. The molecule has 1 aliphatic heterocycles. The molecule has 0 spiro atoms. The Labute approximate surface area is 305 Å². The molecule has 1 heterocycles. The molecule has 5 aromatic carbocycles. The standard InChI is InChI=1S/C41H34O9Te/c1-27-22-24-32(25-23-27)51-41-36(50-40(45)31-20-12-5-13-21-31)35(49-39(44)30-18-10-4-11-19-30)34(48-38(43)29-16-8-3-9-17-29)33(47-41)26-46-37(42)28-14-6-2-7-15-28/h2-25,33-36,41H,26H2,1H3/t33-,34-,35+,36-,41-/m1/s1. The van der Waals surface area contributed by atoms with Crippen LogP contribution in [0.3, 0.4) is 0 Å². The van der Waals surface area contributed by atoms with Crippen LogP contribution in [0.1, 0.15) is 47.0 Å². The van der Waals surface area contributed by atoms with Crippen molar-refractivity contribution in [1.29, 1.82) is 0 Å². The van der Waals surface area contributed by atoms with E-state index in [0.717, 1.165) is 9.17 Å². The van der Waals surface area contributed by atoms with Gasteiger partial charge in [-0.3, -0.25) is 0 Å². The van der Waals surface area contributed by atoms with Crippen LogP contribution in [0.15, 0.2) is 146 Å². The Balaban J connectivity index is 1.41. The summed E-state index contributed by atoms with van der Waals surface area (Å²) in [6.07, 6.45) is -5.02. The molecule has 0 saturated carbocycles. The van der Waals surface area contributed by atoms with Crippen molar-refractivity contribution in [3.8, 4) is 0 Å². The number of hydrogen-bond acceptors (Lipinski definition) is 9. The van der Waals surface area contributed by atoms with Crippen molar-refractivity contribution in [2.75, 3.05) is 6.61 Å². The van der Waals surface area contributed by atoms with Gasteiger partial charge in [0.05, 0.1) is 0 Å². The van der Waals surface area contributed by atoms with Crippen LogP contribution in [0.2, 0.25) is 0 Å². The van der Waals surface area contributed by atoms with Gasteiger partial charge >= 0.3 is 307 Å². The quantitative estimate of drug-likeness (QED) is 0.0960. The monoisotopic (exact) mass is 800 g/mol. The van der Waals surface area contributed by atoms with Crippen LogP contribution in [0.4, 0.5) is 0 Å². The van der Waals surface area contributed by atoms with Gasteiger partial charge in [-0.15, -0.1) is 0 Å². The zero-order valence-corrected chi connectivity index (χ0v) is 29.9. The van der Waals surface area contributed by atoms with E-state index in [2.05, 4.69) is 0 Å². The van der Waals surface area contributed by atoms with Crippen molar-refractivity contribution in [3.63, 3.8) is 0 Å². The second kappa shape index (κ2) is 17.1. The number of aryl methyl sites for hydroxylation is 1. The minimum atomic E-state index is -1.36. The normalized spacial score (nSPS) is 19.7. The van der Waals surface area contributed by atoms with Gasteiger partial charge in [-0.1, -0.05) is 0 Å². The van der Waals surface area contributed by atoms with Crippen molar-refractivity contribution >= 4 is 48.4 Å². The summed E-state index contributed by atoms with van der Waals surface area (Å²) in [4.78, 5) is 54.2. The summed E-state index contributed by atoms with van der Waals surface area (Å²) in [5.41, 5.74) is 2.13. The molecule has 0 unspecified atom stereocenters. The van der Waals surface area contributed by atoms with Crippen LogP contribution < -0.4 is 3.61 Å². The van der Waals surface area contributed by atoms with E-state index >= 15 is 0 Å². The van der Waals surface area contributed by atoms with Gasteiger partial charge < -0.3 is 0 Å². The molecule has 0 bridgehead atoms. The molecule has 6 rings (SSSR count). The van der Waals surface area contributed by atoms with Crippen LogP contribution in [0.5, 0.6) is 0 Å². The molecular formula is C41H34O9Te. The molecule has 0 N–H and O–H groups in total. The molecule has 51 heavy (non-hydrogen) atoms. The predicted octanol–water partition coefficient (Wildman–Crippen LogP) is 5.58. The summed E-state index contributed by atoms with van der Waals surface area (Å²) >= 11 is -1.36. The third kappa shape index (κ3) is 9.30. The maximum absolute atomic E-state index is 13.8. The number of carbonyl (C=O) groups excluding carboxylic acids is 4. The minimum absolute atomic E-state index is 0.235. The molecule has 1 saturated heterocycles. The van der Waals surface area contributed by atoms with Gasteiger partial charge in [-0.05, 0) is 0 Å². The average molecular weight is 798 g/mol. The molecular weight excluding hydrogens is 764 g/mol. The Morgan fingerprint density at radius 2 is 0.902 bits per heavy atom. The fourth-order valence-corrected chi connectivity index (χ4v) is 8.52. The molecule has 0 aliphatic carbocycles. The SMILES string of the molecule is Cc1ccc([Te][C@H]2O[C@H](COC(=O)c3ccccc3)[C@@H](OC(=O)c3ccccc3)[C@H](OC(=O)c3ccccc3)[C@H]2OC(=O)c2ccccc2)cc1. The predicted molar refractivity (Wildman–Crippen MR) is 189 cm³/mol. The fraction of sp³-hybridized carbons (Fsp3) is 0.171. The molecule has 0 radical (unpaired) electrons. The number of benzene rings is 5. The van der Waals surface area contributed by atoms with E-state index in [1.165, 1.54) is 0 Å². The summed E-state index contributed by atoms with van der Waals surface area (Å²) in [6, 6.07) is 41.4. The van der Waals surface area contributed by atoms with Crippen molar-refractivity contribution in [1.82, 2.24) is 0 Å². The van der Waals surface area contributed by atoms with E-state index < -0.39 is 73.4 Å². The van der Waals surface area contributed by atoms with Crippen molar-refractivity contribution in [3.05, 3.63) is 173 Å². The molecule has 9 nitrogen and oxygen atoms in total. The van der Waals surface area contributed by atoms with Gasteiger partial charge in [0, 0.05) is 0 Å². The number of carbonyl (C=O) groups is 4. The summed E-state index contributed by atoms with van der Waals surface area (Å²) in [5.74, 6) is -2.74. The van der Waals surface area contributed by atoms with Crippen molar-refractivity contribution < 1.29 is 42.9 Å². The zero-order valence-electron chi connectivity index (χ0n) is 27.5. The van der Waals surface area contributed by atoms with Crippen LogP contribution in [0, 0.1) is 6.92 Å². The first-order chi connectivity index (χ1) is 24.9. The van der Waals surface area contributed by atoms with Crippen molar-refractivity contribution in [2.45, 2.75) is 35.5 Å². The Bertz CT molecular complexity index is 1920. The Morgan fingerprint density at radius 1 is 0.510 bits per heavy atom.